The summed E-state index contributed by atoms with van der Waals surface area (Å²) >= 11 is 0. The Morgan fingerprint density at radius 2 is 1.41 bits per heavy atom. The number of benzene rings is 3. The Labute approximate surface area is 127 Å². The van der Waals surface area contributed by atoms with Crippen molar-refractivity contribution in [2.24, 2.45) is 0 Å². The van der Waals surface area contributed by atoms with Crippen molar-refractivity contribution in [2.45, 2.75) is 0 Å². The van der Waals surface area contributed by atoms with E-state index in [-0.39, 0.29) is 0 Å². The monoisotopic (exact) mass is 286 g/mol. The summed E-state index contributed by atoms with van der Waals surface area (Å²) in [7, 11) is 0. The molecule has 0 amide bonds. The Hall–Kier alpha value is -3.14. The number of para-hydroxylation sites is 2. The first kappa shape index (κ1) is 12.6. The minimum atomic E-state index is 0.395. The lowest BCUT2D eigenvalue weighted by atomic mass is 10.1. The molecule has 0 bridgehead atoms. The van der Waals surface area contributed by atoms with E-state index < -0.39 is 0 Å². The Morgan fingerprint density at radius 1 is 0.727 bits per heavy atom. The molecule has 0 saturated heterocycles. The number of rotatable bonds is 2. The second-order valence-corrected chi connectivity index (χ2v) is 5.13. The maximum Gasteiger partial charge on any atom is 0.174 e. The van der Waals surface area contributed by atoms with Gasteiger partial charge in [0.15, 0.2) is 11.6 Å². The SMILES string of the molecule is Nc1nc2ccccc2nc1Nc1ccc2ccccc2c1. The van der Waals surface area contributed by atoms with Gasteiger partial charge in [0.25, 0.3) is 0 Å². The van der Waals surface area contributed by atoms with Crippen LogP contribution in [0.3, 0.4) is 0 Å². The molecule has 0 aliphatic rings. The second kappa shape index (κ2) is 5.00. The van der Waals surface area contributed by atoms with Crippen LogP contribution >= 0.6 is 0 Å². The van der Waals surface area contributed by atoms with E-state index >= 15 is 0 Å². The molecule has 0 fully saturated rings. The maximum atomic E-state index is 6.01. The van der Waals surface area contributed by atoms with Crippen LogP contribution in [0.4, 0.5) is 17.3 Å². The Morgan fingerprint density at radius 3 is 2.23 bits per heavy atom. The molecule has 3 N–H and O–H groups in total. The molecule has 0 spiro atoms. The quantitative estimate of drug-likeness (QED) is 0.582. The van der Waals surface area contributed by atoms with E-state index in [1.807, 2.05) is 42.5 Å². The van der Waals surface area contributed by atoms with Crippen LogP contribution in [0.2, 0.25) is 0 Å². The summed E-state index contributed by atoms with van der Waals surface area (Å²) in [5, 5.41) is 5.62. The van der Waals surface area contributed by atoms with Crippen LogP contribution in [0.1, 0.15) is 0 Å². The van der Waals surface area contributed by atoms with Crippen LogP contribution in [0.25, 0.3) is 21.8 Å². The molecule has 0 saturated carbocycles. The van der Waals surface area contributed by atoms with Gasteiger partial charge in [-0.05, 0) is 35.0 Å². The van der Waals surface area contributed by atoms with Crippen molar-refractivity contribution in [3.8, 4) is 0 Å². The molecule has 4 heteroatoms. The average Bonchev–Trinajstić information content (AvgIpc) is 2.55. The standard InChI is InChI=1S/C18H14N4/c19-17-18(22-16-8-4-3-7-15(16)21-17)20-14-10-9-12-5-1-2-6-13(12)11-14/h1-11H,(H2,19,21)(H,20,22). The Kier molecular flexibility index (Phi) is 2.86. The van der Waals surface area contributed by atoms with Crippen molar-refractivity contribution in [1.29, 1.82) is 0 Å². The molecule has 0 radical (unpaired) electrons. The number of anilines is 3. The van der Waals surface area contributed by atoms with E-state index in [4.69, 9.17) is 5.73 Å². The van der Waals surface area contributed by atoms with E-state index in [0.29, 0.717) is 11.6 Å². The number of aromatic nitrogens is 2. The van der Waals surface area contributed by atoms with Crippen LogP contribution in [-0.2, 0) is 0 Å². The number of nitrogen functional groups attached to an aromatic ring is 1. The van der Waals surface area contributed by atoms with Crippen LogP contribution in [0, 0.1) is 0 Å². The number of nitrogens with two attached hydrogens (primary N) is 1. The predicted octanol–water partition coefficient (Wildman–Crippen LogP) is 4.11. The van der Waals surface area contributed by atoms with E-state index in [2.05, 4.69) is 39.6 Å². The van der Waals surface area contributed by atoms with Crippen molar-refractivity contribution in [1.82, 2.24) is 9.97 Å². The van der Waals surface area contributed by atoms with Crippen LogP contribution in [-0.4, -0.2) is 9.97 Å². The number of nitrogens with zero attached hydrogens (tertiary/aromatic N) is 2. The van der Waals surface area contributed by atoms with E-state index in [1.165, 1.54) is 10.8 Å². The highest BCUT2D eigenvalue weighted by molar-refractivity contribution is 5.87. The van der Waals surface area contributed by atoms with E-state index in [0.717, 1.165) is 16.7 Å². The smallest absolute Gasteiger partial charge is 0.174 e. The van der Waals surface area contributed by atoms with Gasteiger partial charge in [-0.1, -0.05) is 42.5 Å². The predicted molar refractivity (Wildman–Crippen MR) is 91.2 cm³/mol. The van der Waals surface area contributed by atoms with Crippen LogP contribution in [0.15, 0.2) is 66.7 Å². The summed E-state index contributed by atoms with van der Waals surface area (Å²) in [6.07, 6.45) is 0. The molecular formula is C18H14N4. The van der Waals surface area contributed by atoms with Crippen molar-refractivity contribution < 1.29 is 0 Å². The first-order chi connectivity index (χ1) is 10.8. The minimum Gasteiger partial charge on any atom is -0.381 e. The summed E-state index contributed by atoms with van der Waals surface area (Å²) in [4.78, 5) is 8.94. The van der Waals surface area contributed by atoms with Gasteiger partial charge in [0, 0.05) is 5.69 Å². The lowest BCUT2D eigenvalue weighted by Gasteiger charge is -2.10. The second-order valence-electron chi connectivity index (χ2n) is 5.13. The fourth-order valence-corrected chi connectivity index (χ4v) is 2.51. The van der Waals surface area contributed by atoms with Crippen LogP contribution < -0.4 is 11.1 Å². The van der Waals surface area contributed by atoms with Gasteiger partial charge in [0.05, 0.1) is 11.0 Å². The van der Waals surface area contributed by atoms with Crippen molar-refractivity contribution >= 4 is 39.1 Å². The average molecular weight is 286 g/mol. The van der Waals surface area contributed by atoms with Gasteiger partial charge in [0.2, 0.25) is 0 Å². The third-order valence-electron chi connectivity index (χ3n) is 3.61. The number of hydrogen-bond donors (Lipinski definition) is 2. The fraction of sp³-hybridized carbons (Fsp3) is 0. The molecule has 4 aromatic rings. The lowest BCUT2D eigenvalue weighted by Crippen LogP contribution is -2.02. The summed E-state index contributed by atoms with van der Waals surface area (Å²) < 4.78 is 0. The number of fused-ring (bicyclic) bond motifs is 2. The fourth-order valence-electron chi connectivity index (χ4n) is 2.51. The Bertz CT molecular complexity index is 979. The van der Waals surface area contributed by atoms with Crippen molar-refractivity contribution in [3.05, 3.63) is 66.7 Å². The zero-order valence-corrected chi connectivity index (χ0v) is 11.8. The third-order valence-corrected chi connectivity index (χ3v) is 3.61. The normalized spacial score (nSPS) is 10.9. The minimum absolute atomic E-state index is 0.395. The van der Waals surface area contributed by atoms with E-state index in [1.54, 1.807) is 0 Å². The van der Waals surface area contributed by atoms with Crippen LogP contribution in [0.5, 0.6) is 0 Å². The lowest BCUT2D eigenvalue weighted by molar-refractivity contribution is 1.29. The third kappa shape index (κ3) is 2.20. The molecule has 4 nitrogen and oxygen atoms in total. The largest absolute Gasteiger partial charge is 0.381 e. The highest BCUT2D eigenvalue weighted by Crippen LogP contribution is 2.25. The van der Waals surface area contributed by atoms with Crippen molar-refractivity contribution in [3.63, 3.8) is 0 Å². The molecular weight excluding hydrogens is 272 g/mol. The number of hydrogen-bond acceptors (Lipinski definition) is 4. The van der Waals surface area contributed by atoms with Gasteiger partial charge in [-0.3, -0.25) is 0 Å². The molecule has 1 heterocycles. The van der Waals surface area contributed by atoms with Gasteiger partial charge < -0.3 is 11.1 Å². The molecule has 1 aromatic heterocycles. The zero-order chi connectivity index (χ0) is 14.9. The molecule has 106 valence electrons. The Balaban J connectivity index is 1.76. The molecule has 0 aliphatic carbocycles. The van der Waals surface area contributed by atoms with Gasteiger partial charge in [-0.2, -0.15) is 0 Å². The first-order valence-corrected chi connectivity index (χ1v) is 7.08. The highest BCUT2D eigenvalue weighted by Gasteiger charge is 2.06. The highest BCUT2D eigenvalue weighted by atomic mass is 15.1. The molecule has 4 rings (SSSR count). The van der Waals surface area contributed by atoms with Gasteiger partial charge >= 0.3 is 0 Å². The first-order valence-electron chi connectivity index (χ1n) is 7.08. The molecule has 3 aromatic carbocycles. The number of nitrogens with one attached hydrogen (secondary N) is 1. The van der Waals surface area contributed by atoms with Gasteiger partial charge in [0.1, 0.15) is 0 Å². The van der Waals surface area contributed by atoms with Gasteiger partial charge in [-0.25, -0.2) is 9.97 Å². The van der Waals surface area contributed by atoms with Crippen molar-refractivity contribution in [2.75, 3.05) is 11.1 Å². The molecule has 22 heavy (non-hydrogen) atoms. The van der Waals surface area contributed by atoms with Gasteiger partial charge in [-0.15, -0.1) is 0 Å². The maximum absolute atomic E-state index is 6.01. The topological polar surface area (TPSA) is 63.8 Å². The summed E-state index contributed by atoms with van der Waals surface area (Å²) in [6, 6.07) is 22.1. The molecule has 0 atom stereocenters. The summed E-state index contributed by atoms with van der Waals surface area (Å²) in [5.41, 5.74) is 8.57. The summed E-state index contributed by atoms with van der Waals surface area (Å²) in [5.74, 6) is 0.973. The molecule has 0 unspecified atom stereocenters. The molecule has 0 aliphatic heterocycles. The van der Waals surface area contributed by atoms with E-state index in [9.17, 15) is 0 Å². The zero-order valence-electron chi connectivity index (χ0n) is 11.8. The summed E-state index contributed by atoms with van der Waals surface area (Å²) in [6.45, 7) is 0.